The maximum Gasteiger partial charge on any atom is 0.233 e. The second-order valence-corrected chi connectivity index (χ2v) is 5.30. The second-order valence-electron chi connectivity index (χ2n) is 5.30. The summed E-state index contributed by atoms with van der Waals surface area (Å²) in [5.41, 5.74) is 1.34. The largest absolute Gasteiger partial charge is 0.355 e. The Kier molecular flexibility index (Phi) is 4.87. The number of nitrogens with zero attached hydrogens (tertiary/aromatic N) is 1. The molecule has 1 heterocycles. The van der Waals surface area contributed by atoms with E-state index in [9.17, 15) is 9.59 Å². The fraction of sp³-hybridized carbons (Fsp3) is 0.312. The Balaban J connectivity index is 2.00. The SMILES string of the molecule is CC(C)CNC(=O)CC(=O)Nc1cccc2cccnc12. The van der Waals surface area contributed by atoms with Crippen LogP contribution in [0.4, 0.5) is 5.69 Å². The molecule has 0 saturated carbocycles. The first-order valence-electron chi connectivity index (χ1n) is 6.96. The van der Waals surface area contributed by atoms with E-state index in [-0.39, 0.29) is 18.2 Å². The summed E-state index contributed by atoms with van der Waals surface area (Å²) in [6, 6.07) is 9.31. The normalized spacial score (nSPS) is 10.6. The van der Waals surface area contributed by atoms with Gasteiger partial charge in [-0.3, -0.25) is 14.6 Å². The van der Waals surface area contributed by atoms with Crippen molar-refractivity contribution in [3.63, 3.8) is 0 Å². The van der Waals surface area contributed by atoms with Gasteiger partial charge in [0, 0.05) is 18.1 Å². The van der Waals surface area contributed by atoms with Gasteiger partial charge in [-0.2, -0.15) is 0 Å². The van der Waals surface area contributed by atoms with Gasteiger partial charge in [0.05, 0.1) is 11.2 Å². The standard InChI is InChI=1S/C16H19N3O2/c1-11(2)10-18-14(20)9-15(21)19-13-7-3-5-12-6-4-8-17-16(12)13/h3-8,11H,9-10H2,1-2H3,(H,18,20)(H,19,21). The summed E-state index contributed by atoms with van der Waals surface area (Å²) in [7, 11) is 0. The molecule has 0 radical (unpaired) electrons. The van der Waals surface area contributed by atoms with E-state index in [0.29, 0.717) is 18.2 Å². The lowest BCUT2D eigenvalue weighted by atomic mass is 10.2. The van der Waals surface area contributed by atoms with Crippen molar-refractivity contribution >= 4 is 28.4 Å². The van der Waals surface area contributed by atoms with Gasteiger partial charge in [-0.05, 0) is 18.1 Å². The topological polar surface area (TPSA) is 71.1 Å². The molecule has 21 heavy (non-hydrogen) atoms. The third-order valence-corrected chi connectivity index (χ3v) is 2.94. The van der Waals surface area contributed by atoms with E-state index >= 15 is 0 Å². The molecule has 5 heteroatoms. The number of amides is 2. The zero-order valence-electron chi connectivity index (χ0n) is 12.2. The van der Waals surface area contributed by atoms with E-state index in [1.165, 1.54) is 0 Å². The number of carbonyl (C=O) groups is 2. The van der Waals surface area contributed by atoms with Crippen molar-refractivity contribution in [2.24, 2.45) is 5.92 Å². The lowest BCUT2D eigenvalue weighted by molar-refractivity contribution is -0.126. The minimum Gasteiger partial charge on any atom is -0.355 e. The van der Waals surface area contributed by atoms with Gasteiger partial charge >= 0.3 is 0 Å². The van der Waals surface area contributed by atoms with E-state index < -0.39 is 0 Å². The van der Waals surface area contributed by atoms with E-state index in [4.69, 9.17) is 0 Å². The third-order valence-electron chi connectivity index (χ3n) is 2.94. The zero-order valence-corrected chi connectivity index (χ0v) is 12.2. The Morgan fingerprint density at radius 3 is 2.67 bits per heavy atom. The highest BCUT2D eigenvalue weighted by Crippen LogP contribution is 2.20. The van der Waals surface area contributed by atoms with Crippen LogP contribution in [0, 0.1) is 5.92 Å². The number of benzene rings is 1. The highest BCUT2D eigenvalue weighted by atomic mass is 16.2. The Bertz CT molecular complexity index is 648. The van der Waals surface area contributed by atoms with E-state index in [1.54, 1.807) is 12.3 Å². The van der Waals surface area contributed by atoms with Crippen LogP contribution in [0.5, 0.6) is 0 Å². The summed E-state index contributed by atoms with van der Waals surface area (Å²) in [5.74, 6) is -0.247. The van der Waals surface area contributed by atoms with Crippen LogP contribution in [0.15, 0.2) is 36.5 Å². The van der Waals surface area contributed by atoms with Gasteiger partial charge in [0.15, 0.2) is 0 Å². The number of anilines is 1. The van der Waals surface area contributed by atoms with Gasteiger partial charge in [0.2, 0.25) is 11.8 Å². The monoisotopic (exact) mass is 285 g/mol. The van der Waals surface area contributed by atoms with E-state index in [1.807, 2.05) is 38.1 Å². The average molecular weight is 285 g/mol. The molecular formula is C16H19N3O2. The van der Waals surface area contributed by atoms with Crippen LogP contribution < -0.4 is 10.6 Å². The van der Waals surface area contributed by atoms with Crippen molar-refractivity contribution < 1.29 is 9.59 Å². The maximum atomic E-state index is 11.9. The minimum atomic E-state index is -0.339. The van der Waals surface area contributed by atoms with Crippen LogP contribution in [-0.2, 0) is 9.59 Å². The predicted molar refractivity (Wildman–Crippen MR) is 82.8 cm³/mol. The van der Waals surface area contributed by atoms with Crippen molar-refractivity contribution in [1.82, 2.24) is 10.3 Å². The molecule has 1 aromatic carbocycles. The number of hydrogen-bond donors (Lipinski definition) is 2. The Morgan fingerprint density at radius 1 is 1.14 bits per heavy atom. The fourth-order valence-corrected chi connectivity index (χ4v) is 1.93. The Labute approximate surface area is 123 Å². The van der Waals surface area contributed by atoms with Crippen molar-refractivity contribution in [2.45, 2.75) is 20.3 Å². The molecule has 0 fully saturated rings. The van der Waals surface area contributed by atoms with Crippen LogP contribution in [0.1, 0.15) is 20.3 Å². The van der Waals surface area contributed by atoms with Crippen LogP contribution in [0.2, 0.25) is 0 Å². The first-order chi connectivity index (χ1) is 10.1. The summed E-state index contributed by atoms with van der Waals surface area (Å²) in [5, 5.41) is 6.41. The van der Waals surface area contributed by atoms with Crippen molar-refractivity contribution in [1.29, 1.82) is 0 Å². The molecule has 2 amide bonds. The van der Waals surface area contributed by atoms with Gasteiger partial charge in [-0.25, -0.2) is 0 Å². The molecule has 110 valence electrons. The lowest BCUT2D eigenvalue weighted by Crippen LogP contribution is -2.30. The Hall–Kier alpha value is -2.43. The van der Waals surface area contributed by atoms with Crippen molar-refractivity contribution in [2.75, 3.05) is 11.9 Å². The molecule has 2 aromatic rings. The number of hydrogen-bond acceptors (Lipinski definition) is 3. The molecular weight excluding hydrogens is 266 g/mol. The van der Waals surface area contributed by atoms with Crippen LogP contribution in [-0.4, -0.2) is 23.3 Å². The number of nitrogens with one attached hydrogen (secondary N) is 2. The van der Waals surface area contributed by atoms with Gasteiger partial charge in [0.1, 0.15) is 6.42 Å². The summed E-state index contributed by atoms with van der Waals surface area (Å²) in [6.07, 6.45) is 1.49. The van der Waals surface area contributed by atoms with Crippen LogP contribution >= 0.6 is 0 Å². The molecule has 0 aliphatic carbocycles. The van der Waals surface area contributed by atoms with Gasteiger partial charge in [0.25, 0.3) is 0 Å². The summed E-state index contributed by atoms with van der Waals surface area (Å²) >= 11 is 0. The highest BCUT2D eigenvalue weighted by molar-refractivity contribution is 6.06. The minimum absolute atomic E-state index is 0.185. The molecule has 0 atom stereocenters. The maximum absolute atomic E-state index is 11.9. The smallest absolute Gasteiger partial charge is 0.233 e. The number of rotatable bonds is 5. The first kappa shape index (κ1) is 15.0. The molecule has 0 aliphatic rings. The van der Waals surface area contributed by atoms with Crippen molar-refractivity contribution in [3.05, 3.63) is 36.5 Å². The molecule has 2 N–H and O–H groups in total. The number of para-hydroxylation sites is 1. The molecule has 0 unspecified atom stereocenters. The molecule has 2 rings (SSSR count). The molecule has 0 saturated heterocycles. The zero-order chi connectivity index (χ0) is 15.2. The molecule has 0 aliphatic heterocycles. The van der Waals surface area contributed by atoms with E-state index in [0.717, 1.165) is 10.9 Å². The predicted octanol–water partition coefficient (Wildman–Crippen LogP) is 2.34. The van der Waals surface area contributed by atoms with Gasteiger partial charge in [-0.15, -0.1) is 0 Å². The number of pyridine rings is 1. The lowest BCUT2D eigenvalue weighted by Gasteiger charge is -2.09. The summed E-state index contributed by atoms with van der Waals surface area (Å²) < 4.78 is 0. The summed E-state index contributed by atoms with van der Waals surface area (Å²) in [4.78, 5) is 27.8. The molecule has 0 bridgehead atoms. The Morgan fingerprint density at radius 2 is 1.90 bits per heavy atom. The van der Waals surface area contributed by atoms with Crippen LogP contribution in [0.25, 0.3) is 10.9 Å². The molecule has 0 spiro atoms. The number of aromatic nitrogens is 1. The number of fused-ring (bicyclic) bond motifs is 1. The highest BCUT2D eigenvalue weighted by Gasteiger charge is 2.11. The average Bonchev–Trinajstić information content (AvgIpc) is 2.45. The molecule has 5 nitrogen and oxygen atoms in total. The second kappa shape index (κ2) is 6.83. The third kappa shape index (κ3) is 4.27. The van der Waals surface area contributed by atoms with Crippen molar-refractivity contribution in [3.8, 4) is 0 Å². The summed E-state index contributed by atoms with van der Waals surface area (Å²) in [6.45, 7) is 4.58. The first-order valence-corrected chi connectivity index (χ1v) is 6.96. The number of carbonyl (C=O) groups excluding carboxylic acids is 2. The van der Waals surface area contributed by atoms with E-state index in [2.05, 4.69) is 15.6 Å². The van der Waals surface area contributed by atoms with Gasteiger partial charge in [-0.1, -0.05) is 32.0 Å². The van der Waals surface area contributed by atoms with Gasteiger partial charge < -0.3 is 10.6 Å². The molecule has 1 aromatic heterocycles. The fourth-order valence-electron chi connectivity index (χ4n) is 1.93. The quantitative estimate of drug-likeness (QED) is 0.828. The van der Waals surface area contributed by atoms with Crippen LogP contribution in [0.3, 0.4) is 0 Å².